The second-order valence-electron chi connectivity index (χ2n) is 5.68. The van der Waals surface area contributed by atoms with Gasteiger partial charge in [0, 0.05) is 18.2 Å². The number of ether oxygens (including phenoxy) is 1. The molecule has 134 valence electrons. The van der Waals surface area contributed by atoms with Gasteiger partial charge in [0.25, 0.3) is 0 Å². The number of piperidine rings is 1. The van der Waals surface area contributed by atoms with Gasteiger partial charge in [-0.05, 0) is 50.4 Å². The lowest BCUT2D eigenvalue weighted by atomic mass is 9.93. The second kappa shape index (κ2) is 10.00. The first-order valence-electron chi connectivity index (χ1n) is 7.83. The van der Waals surface area contributed by atoms with Crippen LogP contribution >= 0.6 is 12.4 Å². The van der Waals surface area contributed by atoms with Gasteiger partial charge in [0.15, 0.2) is 0 Å². The van der Waals surface area contributed by atoms with E-state index in [2.05, 4.69) is 16.0 Å². The zero-order valence-corrected chi connectivity index (χ0v) is 14.6. The number of rotatable bonds is 6. The number of carbonyl (C=O) groups is 2. The number of primary amides is 1. The number of hydrogen-bond acceptors (Lipinski definition) is 4. The molecule has 1 aromatic carbocycles. The molecule has 1 fully saturated rings. The average Bonchev–Trinajstić information content (AvgIpc) is 2.55. The van der Waals surface area contributed by atoms with Crippen molar-refractivity contribution in [3.8, 4) is 5.75 Å². The molecule has 7 nitrogen and oxygen atoms in total. The Hall–Kier alpha value is -1.99. The number of anilines is 2. The molecule has 3 amide bonds. The summed E-state index contributed by atoms with van der Waals surface area (Å²) in [5.74, 6) is 1.06. The van der Waals surface area contributed by atoms with Crippen molar-refractivity contribution in [1.82, 2.24) is 5.32 Å². The van der Waals surface area contributed by atoms with Gasteiger partial charge >= 0.3 is 6.03 Å². The normalized spacial score (nSPS) is 14.4. The van der Waals surface area contributed by atoms with Crippen LogP contribution in [0.3, 0.4) is 0 Å². The fourth-order valence-corrected chi connectivity index (χ4v) is 2.73. The van der Waals surface area contributed by atoms with E-state index in [4.69, 9.17) is 10.5 Å². The number of carbonyl (C=O) groups excluding carboxylic acids is 2. The molecule has 8 heteroatoms. The van der Waals surface area contributed by atoms with Crippen LogP contribution < -0.4 is 26.4 Å². The summed E-state index contributed by atoms with van der Waals surface area (Å²) in [4.78, 5) is 23.0. The highest BCUT2D eigenvalue weighted by Gasteiger charge is 2.15. The summed E-state index contributed by atoms with van der Waals surface area (Å²) in [5.41, 5.74) is 6.19. The van der Waals surface area contributed by atoms with Gasteiger partial charge in [-0.25, -0.2) is 4.79 Å². The minimum atomic E-state index is -0.665. The third-order valence-electron chi connectivity index (χ3n) is 3.98. The largest absolute Gasteiger partial charge is 0.494 e. The van der Waals surface area contributed by atoms with Gasteiger partial charge in [-0.3, -0.25) is 4.79 Å². The molecule has 0 atom stereocenters. The maximum absolute atomic E-state index is 12.1. The molecule has 0 bridgehead atoms. The SMILES string of the molecule is COc1cc(NC(=O)CCC2CCNCC2)ccc1NC(N)=O.Cl. The van der Waals surface area contributed by atoms with Crippen LogP contribution in [0.4, 0.5) is 16.2 Å². The highest BCUT2D eigenvalue weighted by Crippen LogP contribution is 2.28. The summed E-state index contributed by atoms with van der Waals surface area (Å²) in [7, 11) is 1.49. The van der Waals surface area contributed by atoms with Crippen molar-refractivity contribution in [2.24, 2.45) is 11.7 Å². The molecular weight excluding hydrogens is 332 g/mol. The Kier molecular flexibility index (Phi) is 8.35. The molecule has 2 rings (SSSR count). The zero-order chi connectivity index (χ0) is 16.7. The third kappa shape index (κ3) is 6.25. The predicted octanol–water partition coefficient (Wildman–Crippen LogP) is 2.33. The lowest BCUT2D eigenvalue weighted by Crippen LogP contribution is -2.28. The molecule has 1 aromatic rings. The van der Waals surface area contributed by atoms with E-state index in [1.165, 1.54) is 7.11 Å². The standard InChI is InChI=1S/C16H24N4O3.ClH/c1-23-14-10-12(3-4-13(14)20-16(17)22)19-15(21)5-2-11-6-8-18-9-7-11;/h3-4,10-11,18H,2,5-9H2,1H3,(H,19,21)(H3,17,20,22);1H. The summed E-state index contributed by atoms with van der Waals surface area (Å²) in [6.07, 6.45) is 3.68. The van der Waals surface area contributed by atoms with Gasteiger partial charge in [-0.1, -0.05) is 0 Å². The number of methoxy groups -OCH3 is 1. The molecular formula is C16H25ClN4O3. The van der Waals surface area contributed by atoms with Crippen LogP contribution in [0.15, 0.2) is 18.2 Å². The molecule has 0 aliphatic carbocycles. The first-order valence-corrected chi connectivity index (χ1v) is 7.83. The van der Waals surface area contributed by atoms with E-state index in [0.717, 1.165) is 32.4 Å². The van der Waals surface area contributed by atoms with Gasteiger partial charge < -0.3 is 26.4 Å². The van der Waals surface area contributed by atoms with Gasteiger partial charge in [-0.2, -0.15) is 0 Å². The van der Waals surface area contributed by atoms with Gasteiger partial charge in [0.05, 0.1) is 12.8 Å². The maximum atomic E-state index is 12.1. The first-order chi connectivity index (χ1) is 11.1. The highest BCUT2D eigenvalue weighted by atomic mass is 35.5. The Morgan fingerprint density at radius 1 is 1.29 bits per heavy atom. The van der Waals surface area contributed by atoms with Crippen LogP contribution in [0, 0.1) is 5.92 Å². The van der Waals surface area contributed by atoms with Crippen molar-refractivity contribution in [1.29, 1.82) is 0 Å². The Bertz CT molecular complexity index is 562. The number of amides is 3. The minimum absolute atomic E-state index is 0. The first kappa shape index (κ1) is 20.1. The van der Waals surface area contributed by atoms with E-state index in [-0.39, 0.29) is 18.3 Å². The van der Waals surface area contributed by atoms with E-state index in [1.54, 1.807) is 18.2 Å². The highest BCUT2D eigenvalue weighted by molar-refractivity contribution is 5.93. The summed E-state index contributed by atoms with van der Waals surface area (Å²) in [6.45, 7) is 2.08. The van der Waals surface area contributed by atoms with Crippen molar-refractivity contribution in [2.75, 3.05) is 30.8 Å². The predicted molar refractivity (Wildman–Crippen MR) is 96.9 cm³/mol. The molecule has 0 saturated carbocycles. The Morgan fingerprint density at radius 3 is 2.62 bits per heavy atom. The van der Waals surface area contributed by atoms with Crippen molar-refractivity contribution in [3.05, 3.63) is 18.2 Å². The van der Waals surface area contributed by atoms with Crippen LogP contribution in [0.1, 0.15) is 25.7 Å². The minimum Gasteiger partial charge on any atom is -0.494 e. The number of nitrogens with one attached hydrogen (secondary N) is 3. The van der Waals surface area contributed by atoms with Gasteiger partial charge in [0.1, 0.15) is 5.75 Å². The quantitative estimate of drug-likeness (QED) is 0.627. The molecule has 1 aliphatic rings. The van der Waals surface area contributed by atoms with E-state index < -0.39 is 6.03 Å². The lowest BCUT2D eigenvalue weighted by Gasteiger charge is -2.22. The number of benzene rings is 1. The monoisotopic (exact) mass is 356 g/mol. The zero-order valence-electron chi connectivity index (χ0n) is 13.8. The van der Waals surface area contributed by atoms with E-state index >= 15 is 0 Å². The molecule has 1 aliphatic heterocycles. The van der Waals surface area contributed by atoms with E-state index in [0.29, 0.717) is 29.5 Å². The van der Waals surface area contributed by atoms with E-state index in [9.17, 15) is 9.59 Å². The maximum Gasteiger partial charge on any atom is 0.316 e. The van der Waals surface area contributed by atoms with Gasteiger partial charge in [-0.15, -0.1) is 12.4 Å². The second-order valence-corrected chi connectivity index (χ2v) is 5.68. The van der Waals surface area contributed by atoms with Crippen molar-refractivity contribution in [3.63, 3.8) is 0 Å². The summed E-state index contributed by atoms with van der Waals surface area (Å²) >= 11 is 0. The van der Waals surface area contributed by atoms with Crippen molar-refractivity contribution in [2.45, 2.75) is 25.7 Å². The lowest BCUT2D eigenvalue weighted by molar-refractivity contribution is -0.116. The van der Waals surface area contributed by atoms with Crippen molar-refractivity contribution >= 4 is 35.7 Å². The Balaban J connectivity index is 0.00000288. The molecule has 0 unspecified atom stereocenters. The summed E-state index contributed by atoms with van der Waals surface area (Å²) in [5, 5.41) is 8.65. The molecule has 24 heavy (non-hydrogen) atoms. The van der Waals surface area contributed by atoms with Crippen LogP contribution in [-0.4, -0.2) is 32.1 Å². The van der Waals surface area contributed by atoms with Crippen LogP contribution in [0.25, 0.3) is 0 Å². The number of halogens is 1. The van der Waals surface area contributed by atoms with Crippen molar-refractivity contribution < 1.29 is 14.3 Å². The average molecular weight is 357 g/mol. The van der Waals surface area contributed by atoms with Crippen LogP contribution in [-0.2, 0) is 4.79 Å². The Morgan fingerprint density at radius 2 is 2.00 bits per heavy atom. The van der Waals surface area contributed by atoms with Crippen LogP contribution in [0.5, 0.6) is 5.75 Å². The molecule has 1 saturated heterocycles. The summed E-state index contributed by atoms with van der Waals surface area (Å²) in [6, 6.07) is 4.35. The number of nitrogens with two attached hydrogens (primary N) is 1. The smallest absolute Gasteiger partial charge is 0.316 e. The third-order valence-corrected chi connectivity index (χ3v) is 3.98. The van der Waals surface area contributed by atoms with Crippen LogP contribution in [0.2, 0.25) is 0 Å². The number of urea groups is 1. The fraction of sp³-hybridized carbons (Fsp3) is 0.500. The summed E-state index contributed by atoms with van der Waals surface area (Å²) < 4.78 is 5.20. The number of hydrogen-bond donors (Lipinski definition) is 4. The molecule has 0 spiro atoms. The van der Waals surface area contributed by atoms with Gasteiger partial charge in [0.2, 0.25) is 5.91 Å². The molecule has 0 radical (unpaired) electrons. The fourth-order valence-electron chi connectivity index (χ4n) is 2.73. The molecule has 0 aromatic heterocycles. The topological polar surface area (TPSA) is 105 Å². The Labute approximate surface area is 148 Å². The molecule has 5 N–H and O–H groups in total. The molecule has 1 heterocycles. The van der Waals surface area contributed by atoms with E-state index in [1.807, 2.05) is 0 Å².